The van der Waals surface area contributed by atoms with Crippen molar-refractivity contribution in [3.63, 3.8) is 0 Å². The Kier molecular flexibility index (Phi) is 6.12. The normalized spacial score (nSPS) is 12.1. The molecule has 0 unspecified atom stereocenters. The molecule has 0 aliphatic heterocycles. The van der Waals surface area contributed by atoms with Crippen LogP contribution in [0, 0.1) is 6.92 Å². The molecule has 1 aromatic carbocycles. The van der Waals surface area contributed by atoms with Crippen LogP contribution >= 0.6 is 0 Å². The molecule has 7 heteroatoms. The average molecular weight is 321 g/mol. The van der Waals surface area contributed by atoms with Crippen LogP contribution in [0.15, 0.2) is 18.2 Å². The van der Waals surface area contributed by atoms with Crippen molar-refractivity contribution < 1.29 is 19.1 Å². The Labute approximate surface area is 135 Å². The summed E-state index contributed by atoms with van der Waals surface area (Å²) in [5.41, 5.74) is 12.0. The molecule has 23 heavy (non-hydrogen) atoms. The minimum atomic E-state index is -1.56. The van der Waals surface area contributed by atoms with Crippen LogP contribution < -0.4 is 21.5 Å². The summed E-state index contributed by atoms with van der Waals surface area (Å²) in [5.74, 6) is -1.89. The van der Waals surface area contributed by atoms with E-state index in [9.17, 15) is 14.4 Å². The molecule has 7 nitrogen and oxygen atoms in total. The van der Waals surface area contributed by atoms with E-state index in [1.54, 1.807) is 0 Å². The van der Waals surface area contributed by atoms with Gasteiger partial charge in [0.2, 0.25) is 11.8 Å². The molecule has 0 aliphatic rings. The number of aryl methyl sites for hydroxylation is 1. The molecule has 0 saturated heterocycles. The molecule has 5 N–H and O–H groups in total. The number of hydrogen-bond acceptors (Lipinski definition) is 4. The van der Waals surface area contributed by atoms with E-state index in [-0.39, 0.29) is 5.92 Å². The van der Waals surface area contributed by atoms with E-state index in [1.165, 1.54) is 6.92 Å². The number of primary amides is 2. The van der Waals surface area contributed by atoms with Crippen molar-refractivity contribution in [2.24, 2.45) is 11.5 Å². The SMILES string of the molecule is Cc1ccc(C(C)C)c(O[C@H](C)C(=O)NC(C(N)=O)C(N)=O)c1. The molecule has 0 aliphatic carbocycles. The van der Waals surface area contributed by atoms with Gasteiger partial charge in [-0.2, -0.15) is 0 Å². The van der Waals surface area contributed by atoms with Gasteiger partial charge in [-0.15, -0.1) is 0 Å². The molecule has 0 fully saturated rings. The lowest BCUT2D eigenvalue weighted by molar-refractivity contribution is -0.136. The fraction of sp³-hybridized carbons (Fsp3) is 0.438. The van der Waals surface area contributed by atoms with E-state index in [0.29, 0.717) is 5.75 Å². The predicted molar refractivity (Wildman–Crippen MR) is 85.7 cm³/mol. The van der Waals surface area contributed by atoms with Crippen molar-refractivity contribution in [1.29, 1.82) is 0 Å². The van der Waals surface area contributed by atoms with Crippen LogP contribution in [0.3, 0.4) is 0 Å². The van der Waals surface area contributed by atoms with Crippen LogP contribution in [0.2, 0.25) is 0 Å². The maximum Gasteiger partial charge on any atom is 0.261 e. The van der Waals surface area contributed by atoms with Crippen LogP contribution in [0.1, 0.15) is 37.8 Å². The molecule has 0 aromatic heterocycles. The monoisotopic (exact) mass is 321 g/mol. The highest BCUT2D eigenvalue weighted by molar-refractivity contribution is 6.06. The van der Waals surface area contributed by atoms with Gasteiger partial charge in [0.1, 0.15) is 5.75 Å². The first-order valence-corrected chi connectivity index (χ1v) is 7.29. The summed E-state index contributed by atoms with van der Waals surface area (Å²) in [7, 11) is 0. The molecule has 0 heterocycles. The fourth-order valence-corrected chi connectivity index (χ4v) is 2.01. The lowest BCUT2D eigenvalue weighted by Gasteiger charge is -2.20. The maximum atomic E-state index is 12.1. The zero-order valence-corrected chi connectivity index (χ0v) is 13.8. The number of ether oxygens (including phenoxy) is 1. The standard InChI is InChI=1S/C16H23N3O4/c1-8(2)11-6-5-9(3)7-12(11)23-10(4)16(22)19-13(14(17)20)15(18)21/h5-8,10,13H,1-4H3,(H2,17,20)(H2,18,21)(H,19,22)/t10-/m1/s1. The van der Waals surface area contributed by atoms with E-state index in [0.717, 1.165) is 11.1 Å². The van der Waals surface area contributed by atoms with E-state index in [2.05, 4.69) is 5.32 Å². The van der Waals surface area contributed by atoms with E-state index >= 15 is 0 Å². The van der Waals surface area contributed by atoms with E-state index in [4.69, 9.17) is 16.2 Å². The van der Waals surface area contributed by atoms with Crippen molar-refractivity contribution in [2.75, 3.05) is 0 Å². The van der Waals surface area contributed by atoms with Gasteiger partial charge in [-0.1, -0.05) is 26.0 Å². The van der Waals surface area contributed by atoms with Gasteiger partial charge in [-0.05, 0) is 37.0 Å². The van der Waals surface area contributed by atoms with Crippen LogP contribution in [0.5, 0.6) is 5.75 Å². The van der Waals surface area contributed by atoms with Gasteiger partial charge in [0, 0.05) is 0 Å². The molecule has 0 radical (unpaired) electrons. The number of amides is 3. The summed E-state index contributed by atoms with van der Waals surface area (Å²) < 4.78 is 5.69. The molecule has 126 valence electrons. The van der Waals surface area contributed by atoms with Crippen molar-refractivity contribution in [3.8, 4) is 5.75 Å². The van der Waals surface area contributed by atoms with Crippen LogP contribution in [0.4, 0.5) is 0 Å². The molecule has 1 atom stereocenters. The number of nitrogens with two attached hydrogens (primary N) is 2. The maximum absolute atomic E-state index is 12.1. The van der Waals surface area contributed by atoms with Crippen LogP contribution in [-0.4, -0.2) is 29.9 Å². The fourth-order valence-electron chi connectivity index (χ4n) is 2.01. The molecule has 0 bridgehead atoms. The average Bonchev–Trinajstić information content (AvgIpc) is 2.43. The second kappa shape index (κ2) is 7.62. The highest BCUT2D eigenvalue weighted by Gasteiger charge is 2.27. The van der Waals surface area contributed by atoms with E-state index in [1.807, 2.05) is 39.0 Å². The first-order chi connectivity index (χ1) is 10.6. The Bertz CT molecular complexity index is 599. The van der Waals surface area contributed by atoms with Gasteiger partial charge in [0.25, 0.3) is 5.91 Å². The quantitative estimate of drug-likeness (QED) is 0.626. The second-order valence-corrected chi connectivity index (χ2v) is 5.70. The summed E-state index contributed by atoms with van der Waals surface area (Å²) in [5, 5.41) is 2.19. The number of rotatable bonds is 7. The highest BCUT2D eigenvalue weighted by atomic mass is 16.5. The van der Waals surface area contributed by atoms with Gasteiger partial charge in [-0.25, -0.2) is 0 Å². The third-order valence-electron chi connectivity index (χ3n) is 3.32. The molecule has 0 saturated carbocycles. The highest BCUT2D eigenvalue weighted by Crippen LogP contribution is 2.28. The Balaban J connectivity index is 2.89. The Hall–Kier alpha value is -2.57. The van der Waals surface area contributed by atoms with Crippen molar-refractivity contribution in [3.05, 3.63) is 29.3 Å². The summed E-state index contributed by atoms with van der Waals surface area (Å²) in [6.45, 7) is 7.45. The van der Waals surface area contributed by atoms with Gasteiger partial charge in [0.05, 0.1) is 0 Å². The molecular formula is C16H23N3O4. The number of hydrogen-bond donors (Lipinski definition) is 3. The second-order valence-electron chi connectivity index (χ2n) is 5.70. The third-order valence-corrected chi connectivity index (χ3v) is 3.32. The van der Waals surface area contributed by atoms with Crippen LogP contribution in [-0.2, 0) is 14.4 Å². The number of nitrogens with one attached hydrogen (secondary N) is 1. The smallest absolute Gasteiger partial charge is 0.261 e. The van der Waals surface area contributed by atoms with Crippen molar-refractivity contribution in [2.45, 2.75) is 45.8 Å². The Morgan fingerprint density at radius 2 is 1.65 bits per heavy atom. The zero-order valence-electron chi connectivity index (χ0n) is 13.8. The van der Waals surface area contributed by atoms with Crippen molar-refractivity contribution >= 4 is 17.7 Å². The number of benzene rings is 1. The first kappa shape index (κ1) is 18.5. The number of carbonyl (C=O) groups excluding carboxylic acids is 3. The summed E-state index contributed by atoms with van der Waals surface area (Å²) >= 11 is 0. The minimum absolute atomic E-state index is 0.213. The summed E-state index contributed by atoms with van der Waals surface area (Å²) in [6.07, 6.45) is -0.921. The molecule has 0 spiro atoms. The van der Waals surface area contributed by atoms with Gasteiger partial charge < -0.3 is 21.5 Å². The number of carbonyl (C=O) groups is 3. The van der Waals surface area contributed by atoms with Gasteiger partial charge in [0.15, 0.2) is 12.1 Å². The predicted octanol–water partition coefficient (Wildman–Crippen LogP) is 0.341. The van der Waals surface area contributed by atoms with Gasteiger partial charge >= 0.3 is 0 Å². The zero-order chi connectivity index (χ0) is 17.7. The Morgan fingerprint density at radius 3 is 2.13 bits per heavy atom. The summed E-state index contributed by atoms with van der Waals surface area (Å²) in [6, 6.07) is 4.17. The lowest BCUT2D eigenvalue weighted by Crippen LogP contribution is -2.55. The van der Waals surface area contributed by atoms with Crippen molar-refractivity contribution in [1.82, 2.24) is 5.32 Å². The largest absolute Gasteiger partial charge is 0.481 e. The topological polar surface area (TPSA) is 125 Å². The van der Waals surface area contributed by atoms with Gasteiger partial charge in [-0.3, -0.25) is 14.4 Å². The minimum Gasteiger partial charge on any atom is -0.481 e. The van der Waals surface area contributed by atoms with E-state index < -0.39 is 29.9 Å². The molecular weight excluding hydrogens is 298 g/mol. The molecule has 1 rings (SSSR count). The molecule has 3 amide bonds. The molecule has 1 aromatic rings. The first-order valence-electron chi connectivity index (χ1n) is 7.29. The lowest BCUT2D eigenvalue weighted by atomic mass is 10.0. The summed E-state index contributed by atoms with van der Waals surface area (Å²) in [4.78, 5) is 34.3. The third kappa shape index (κ3) is 4.98. The van der Waals surface area contributed by atoms with Crippen LogP contribution in [0.25, 0.3) is 0 Å². The Morgan fingerprint density at radius 1 is 1.09 bits per heavy atom.